The lowest BCUT2D eigenvalue weighted by Gasteiger charge is -2.09. The first-order valence-electron chi connectivity index (χ1n) is 4.31. The maximum absolute atomic E-state index is 5.05. The molecule has 0 radical (unpaired) electrons. The van der Waals surface area contributed by atoms with E-state index in [0.717, 1.165) is 11.4 Å². The molecule has 0 saturated carbocycles. The highest BCUT2D eigenvalue weighted by atomic mass is 32.1. The van der Waals surface area contributed by atoms with Crippen LogP contribution in [0, 0.1) is 6.92 Å². The van der Waals surface area contributed by atoms with E-state index in [0.29, 0.717) is 11.7 Å². The van der Waals surface area contributed by atoms with Crippen molar-refractivity contribution >= 4 is 23.1 Å². The number of aryl methyl sites for hydroxylation is 1. The molecule has 0 atom stereocenters. The van der Waals surface area contributed by atoms with E-state index < -0.39 is 0 Å². The Labute approximate surface area is 89.2 Å². The molecule has 0 bridgehead atoms. The largest absolute Gasteiger partial charge is 0.359 e. The van der Waals surface area contributed by atoms with Crippen molar-refractivity contribution in [1.29, 1.82) is 0 Å². The third-order valence-corrected chi connectivity index (χ3v) is 1.89. The van der Waals surface area contributed by atoms with Gasteiger partial charge in [0.05, 0.1) is 0 Å². The summed E-state index contributed by atoms with van der Waals surface area (Å²) in [7, 11) is 0. The topological polar surface area (TPSA) is 37.0 Å². The van der Waals surface area contributed by atoms with Crippen LogP contribution < -0.4 is 10.6 Å². The van der Waals surface area contributed by atoms with Gasteiger partial charge in [-0.3, -0.25) is 0 Å². The summed E-state index contributed by atoms with van der Waals surface area (Å²) in [5.41, 5.74) is 1.07. The summed E-state index contributed by atoms with van der Waals surface area (Å²) >= 11 is 5.05. The molecule has 1 rings (SSSR count). The lowest BCUT2D eigenvalue weighted by Crippen LogP contribution is -2.28. The highest BCUT2D eigenvalue weighted by molar-refractivity contribution is 7.80. The second-order valence-corrected chi connectivity index (χ2v) is 3.20. The molecular weight excluding hydrogens is 194 g/mol. The fourth-order valence-electron chi connectivity index (χ4n) is 0.933. The number of pyridine rings is 1. The second kappa shape index (κ2) is 5.34. The smallest absolute Gasteiger partial charge is 0.172 e. The molecule has 0 amide bonds. The van der Waals surface area contributed by atoms with Crippen molar-refractivity contribution in [1.82, 2.24) is 10.3 Å². The zero-order chi connectivity index (χ0) is 10.4. The number of nitrogens with one attached hydrogen (secondary N) is 2. The van der Waals surface area contributed by atoms with Gasteiger partial charge in [-0.2, -0.15) is 0 Å². The molecular formula is C10H13N3S. The van der Waals surface area contributed by atoms with Gasteiger partial charge in [-0.25, -0.2) is 4.98 Å². The number of rotatable bonds is 3. The SMILES string of the molecule is C=CCNC(=S)Nc1ncccc1C. The van der Waals surface area contributed by atoms with E-state index in [2.05, 4.69) is 22.2 Å². The number of thiocarbonyl (C=S) groups is 1. The number of anilines is 1. The summed E-state index contributed by atoms with van der Waals surface area (Å²) in [5.74, 6) is 0.786. The van der Waals surface area contributed by atoms with Crippen LogP contribution in [-0.2, 0) is 0 Å². The minimum Gasteiger partial charge on any atom is -0.359 e. The van der Waals surface area contributed by atoms with Crippen molar-refractivity contribution in [2.75, 3.05) is 11.9 Å². The van der Waals surface area contributed by atoms with Crippen molar-refractivity contribution < 1.29 is 0 Å². The maximum atomic E-state index is 5.05. The van der Waals surface area contributed by atoms with Crippen LogP contribution >= 0.6 is 12.2 Å². The van der Waals surface area contributed by atoms with Crippen molar-refractivity contribution in [2.45, 2.75) is 6.92 Å². The van der Waals surface area contributed by atoms with Gasteiger partial charge in [0.2, 0.25) is 0 Å². The molecule has 3 nitrogen and oxygen atoms in total. The van der Waals surface area contributed by atoms with Crippen LogP contribution in [0.2, 0.25) is 0 Å². The van der Waals surface area contributed by atoms with Crippen LogP contribution in [0.4, 0.5) is 5.82 Å². The fraction of sp³-hybridized carbons (Fsp3) is 0.200. The van der Waals surface area contributed by atoms with Crippen LogP contribution in [0.3, 0.4) is 0 Å². The van der Waals surface area contributed by atoms with Crippen LogP contribution in [-0.4, -0.2) is 16.6 Å². The predicted octanol–water partition coefficient (Wildman–Crippen LogP) is 1.86. The normalized spacial score (nSPS) is 9.21. The second-order valence-electron chi connectivity index (χ2n) is 2.79. The lowest BCUT2D eigenvalue weighted by atomic mass is 10.3. The number of hydrogen-bond donors (Lipinski definition) is 2. The van der Waals surface area contributed by atoms with Crippen LogP contribution in [0.15, 0.2) is 31.0 Å². The molecule has 0 aliphatic rings. The number of aromatic nitrogens is 1. The van der Waals surface area contributed by atoms with Crippen LogP contribution in [0.25, 0.3) is 0 Å². The van der Waals surface area contributed by atoms with Gasteiger partial charge < -0.3 is 10.6 Å². The maximum Gasteiger partial charge on any atom is 0.172 e. The van der Waals surface area contributed by atoms with Crippen molar-refractivity contribution in [3.63, 3.8) is 0 Å². The Balaban J connectivity index is 2.56. The van der Waals surface area contributed by atoms with Gasteiger partial charge in [-0.15, -0.1) is 6.58 Å². The Morgan fingerprint density at radius 3 is 3.14 bits per heavy atom. The van der Waals surface area contributed by atoms with E-state index >= 15 is 0 Å². The minimum absolute atomic E-state index is 0.562. The lowest BCUT2D eigenvalue weighted by molar-refractivity contribution is 1.06. The number of hydrogen-bond acceptors (Lipinski definition) is 2. The first-order valence-corrected chi connectivity index (χ1v) is 4.72. The third-order valence-electron chi connectivity index (χ3n) is 1.65. The quantitative estimate of drug-likeness (QED) is 0.586. The van der Waals surface area contributed by atoms with E-state index in [1.54, 1.807) is 12.3 Å². The van der Waals surface area contributed by atoms with Crippen molar-refractivity contribution in [2.24, 2.45) is 0 Å². The molecule has 14 heavy (non-hydrogen) atoms. The Kier molecular flexibility index (Phi) is 4.07. The monoisotopic (exact) mass is 207 g/mol. The molecule has 0 aliphatic carbocycles. The summed E-state index contributed by atoms with van der Waals surface area (Å²) in [4.78, 5) is 4.16. The van der Waals surface area contributed by atoms with Crippen LogP contribution in [0.1, 0.15) is 5.56 Å². The molecule has 1 aromatic rings. The Hall–Kier alpha value is -1.42. The molecule has 0 saturated heterocycles. The highest BCUT2D eigenvalue weighted by Crippen LogP contribution is 2.08. The molecule has 0 unspecified atom stereocenters. The van der Waals surface area contributed by atoms with E-state index in [1.165, 1.54) is 0 Å². The molecule has 0 spiro atoms. The van der Waals surface area contributed by atoms with Gasteiger partial charge in [-0.1, -0.05) is 12.1 Å². The summed E-state index contributed by atoms with van der Waals surface area (Å²) in [6.45, 7) is 6.22. The number of nitrogens with zero attached hydrogens (tertiary/aromatic N) is 1. The molecule has 4 heteroatoms. The third kappa shape index (κ3) is 3.14. The summed E-state index contributed by atoms with van der Waals surface area (Å²) in [5, 5.41) is 6.54. The Bertz CT molecular complexity index is 336. The Morgan fingerprint density at radius 2 is 2.50 bits per heavy atom. The molecule has 1 aromatic heterocycles. The van der Waals surface area contributed by atoms with Gasteiger partial charge in [0.15, 0.2) is 5.11 Å². The zero-order valence-corrected chi connectivity index (χ0v) is 8.90. The van der Waals surface area contributed by atoms with Crippen LogP contribution in [0.5, 0.6) is 0 Å². The first kappa shape index (κ1) is 10.7. The fourth-order valence-corrected chi connectivity index (χ4v) is 1.11. The minimum atomic E-state index is 0.562. The summed E-state index contributed by atoms with van der Waals surface area (Å²) < 4.78 is 0. The van der Waals surface area contributed by atoms with Crippen molar-refractivity contribution in [3.05, 3.63) is 36.5 Å². The summed E-state index contributed by atoms with van der Waals surface area (Å²) in [6, 6.07) is 3.87. The first-order chi connectivity index (χ1) is 6.74. The molecule has 0 aliphatic heterocycles. The van der Waals surface area contributed by atoms with E-state index in [-0.39, 0.29) is 0 Å². The Morgan fingerprint density at radius 1 is 1.71 bits per heavy atom. The van der Waals surface area contributed by atoms with Gasteiger partial charge in [-0.05, 0) is 30.8 Å². The van der Waals surface area contributed by atoms with Gasteiger partial charge in [0.25, 0.3) is 0 Å². The van der Waals surface area contributed by atoms with Gasteiger partial charge >= 0.3 is 0 Å². The standard InChI is InChI=1S/C10H13N3S/c1-3-6-12-10(14)13-9-8(2)5-4-7-11-9/h3-5,7H,1,6H2,2H3,(H2,11,12,13,14). The zero-order valence-electron chi connectivity index (χ0n) is 8.08. The molecule has 1 heterocycles. The van der Waals surface area contributed by atoms with E-state index in [1.807, 2.05) is 19.1 Å². The summed E-state index contributed by atoms with van der Waals surface area (Å²) in [6.07, 6.45) is 3.48. The molecule has 74 valence electrons. The van der Waals surface area contributed by atoms with E-state index in [4.69, 9.17) is 12.2 Å². The van der Waals surface area contributed by atoms with E-state index in [9.17, 15) is 0 Å². The highest BCUT2D eigenvalue weighted by Gasteiger charge is 1.99. The average Bonchev–Trinajstić information content (AvgIpc) is 2.18. The molecule has 0 aromatic carbocycles. The molecule has 0 fully saturated rings. The van der Waals surface area contributed by atoms with Crippen molar-refractivity contribution in [3.8, 4) is 0 Å². The predicted molar refractivity (Wildman–Crippen MR) is 63.4 cm³/mol. The average molecular weight is 207 g/mol. The molecule has 2 N–H and O–H groups in total. The van der Waals surface area contributed by atoms with Gasteiger partial charge in [0, 0.05) is 12.7 Å². The van der Waals surface area contributed by atoms with Gasteiger partial charge in [0.1, 0.15) is 5.82 Å².